The zero-order valence-electron chi connectivity index (χ0n) is 10.9. The van der Waals surface area contributed by atoms with Crippen LogP contribution in [-0.2, 0) is 23.9 Å². The lowest BCUT2D eigenvalue weighted by Gasteiger charge is -2.27. The van der Waals surface area contributed by atoms with Gasteiger partial charge in [0.1, 0.15) is 18.9 Å². The Morgan fingerprint density at radius 3 is 2.95 bits per heavy atom. The molecule has 0 aliphatic carbocycles. The number of halogens is 1. The van der Waals surface area contributed by atoms with E-state index in [2.05, 4.69) is 6.58 Å². The standard InChI is InChI=1S/C13H14FNO5/c1-7-3-13(20-11(7)6-19-8(2)16)15-5-9(14)10(17)4-12(15)18/h5,11,13H,1,3-4,6H2,2H3/t11-,13-/m0/s1. The van der Waals surface area contributed by atoms with Crippen molar-refractivity contribution in [2.24, 2.45) is 0 Å². The van der Waals surface area contributed by atoms with Gasteiger partial charge in [0.25, 0.3) is 0 Å². The van der Waals surface area contributed by atoms with Crippen LogP contribution in [0.4, 0.5) is 4.39 Å². The van der Waals surface area contributed by atoms with Crippen LogP contribution < -0.4 is 0 Å². The van der Waals surface area contributed by atoms with Gasteiger partial charge in [-0.05, 0) is 5.57 Å². The smallest absolute Gasteiger partial charge is 0.302 e. The first-order chi connectivity index (χ1) is 9.38. The molecule has 2 aliphatic heterocycles. The van der Waals surface area contributed by atoms with Crippen LogP contribution in [0.5, 0.6) is 0 Å². The molecule has 6 nitrogen and oxygen atoms in total. The highest BCUT2D eigenvalue weighted by Gasteiger charge is 2.38. The van der Waals surface area contributed by atoms with Gasteiger partial charge in [0.05, 0.1) is 6.42 Å². The molecule has 0 saturated carbocycles. The molecule has 2 rings (SSSR count). The van der Waals surface area contributed by atoms with Crippen molar-refractivity contribution in [1.29, 1.82) is 0 Å². The van der Waals surface area contributed by atoms with Gasteiger partial charge in [-0.1, -0.05) is 6.58 Å². The molecule has 2 aliphatic rings. The van der Waals surface area contributed by atoms with Crippen LogP contribution in [0, 0.1) is 0 Å². The zero-order valence-corrected chi connectivity index (χ0v) is 10.9. The van der Waals surface area contributed by atoms with E-state index < -0.39 is 42.2 Å². The molecule has 0 aromatic carbocycles. The van der Waals surface area contributed by atoms with Gasteiger partial charge in [0.15, 0.2) is 5.83 Å². The van der Waals surface area contributed by atoms with Gasteiger partial charge in [-0.2, -0.15) is 0 Å². The fraction of sp³-hybridized carbons (Fsp3) is 0.462. The third-order valence-electron chi connectivity index (χ3n) is 3.08. The van der Waals surface area contributed by atoms with Crippen LogP contribution >= 0.6 is 0 Å². The molecule has 0 radical (unpaired) electrons. The second kappa shape index (κ2) is 5.54. The molecule has 0 N–H and O–H groups in total. The van der Waals surface area contributed by atoms with Crippen molar-refractivity contribution in [1.82, 2.24) is 4.90 Å². The summed E-state index contributed by atoms with van der Waals surface area (Å²) in [5.74, 6) is -2.78. The minimum atomic E-state index is -0.970. The van der Waals surface area contributed by atoms with Gasteiger partial charge in [-0.15, -0.1) is 0 Å². The number of amides is 1. The van der Waals surface area contributed by atoms with Gasteiger partial charge >= 0.3 is 5.97 Å². The van der Waals surface area contributed by atoms with Crippen LogP contribution in [0.3, 0.4) is 0 Å². The van der Waals surface area contributed by atoms with E-state index in [4.69, 9.17) is 9.47 Å². The summed E-state index contributed by atoms with van der Waals surface area (Å²) < 4.78 is 23.6. The average Bonchev–Trinajstić information content (AvgIpc) is 2.72. The van der Waals surface area contributed by atoms with Crippen LogP contribution in [0.15, 0.2) is 24.2 Å². The molecule has 108 valence electrons. The topological polar surface area (TPSA) is 72.9 Å². The Balaban J connectivity index is 2.04. The number of ether oxygens (including phenoxy) is 2. The Bertz CT molecular complexity index is 513. The Hall–Kier alpha value is -2.02. The molecular formula is C13H14FNO5. The number of ketones is 1. The maximum absolute atomic E-state index is 13.3. The quantitative estimate of drug-likeness (QED) is 0.436. The molecule has 0 bridgehead atoms. The van der Waals surface area contributed by atoms with Crippen LogP contribution in [0.25, 0.3) is 0 Å². The molecule has 1 amide bonds. The third-order valence-corrected chi connectivity index (χ3v) is 3.08. The van der Waals surface area contributed by atoms with E-state index in [0.717, 1.165) is 11.1 Å². The highest BCUT2D eigenvalue weighted by Crippen LogP contribution is 2.29. The molecular weight excluding hydrogens is 269 g/mol. The minimum Gasteiger partial charge on any atom is -0.463 e. The van der Waals surface area contributed by atoms with Crippen molar-refractivity contribution < 1.29 is 28.2 Å². The van der Waals surface area contributed by atoms with E-state index in [0.29, 0.717) is 12.0 Å². The first kappa shape index (κ1) is 14.4. The monoisotopic (exact) mass is 283 g/mol. The normalized spacial score (nSPS) is 26.8. The second-order valence-electron chi connectivity index (χ2n) is 4.62. The van der Waals surface area contributed by atoms with Crippen LogP contribution in [0.1, 0.15) is 19.8 Å². The number of carbonyl (C=O) groups is 3. The molecule has 20 heavy (non-hydrogen) atoms. The van der Waals surface area contributed by atoms with Crippen LogP contribution in [-0.4, -0.2) is 41.5 Å². The third kappa shape index (κ3) is 2.93. The van der Waals surface area contributed by atoms with Crippen LogP contribution in [0.2, 0.25) is 0 Å². The lowest BCUT2D eigenvalue weighted by Crippen LogP contribution is -2.40. The van der Waals surface area contributed by atoms with Gasteiger partial charge in [0, 0.05) is 19.5 Å². The molecule has 0 unspecified atom stereocenters. The zero-order chi connectivity index (χ0) is 14.9. The fourth-order valence-electron chi connectivity index (χ4n) is 2.03. The largest absolute Gasteiger partial charge is 0.463 e. The summed E-state index contributed by atoms with van der Waals surface area (Å²) in [4.78, 5) is 34.6. The fourth-order valence-corrected chi connectivity index (χ4v) is 2.03. The lowest BCUT2D eigenvalue weighted by molar-refractivity contribution is -0.151. The number of Topliss-reactive ketones (excluding diaryl/α,β-unsaturated/α-hetero) is 1. The predicted octanol–water partition coefficient (Wildman–Crippen LogP) is 0.833. The molecule has 2 atom stereocenters. The van der Waals surface area contributed by atoms with Crippen molar-refractivity contribution in [2.45, 2.75) is 32.1 Å². The number of hydrogen-bond donors (Lipinski definition) is 0. The Morgan fingerprint density at radius 1 is 1.60 bits per heavy atom. The van der Waals surface area contributed by atoms with Gasteiger partial charge < -0.3 is 9.47 Å². The highest BCUT2D eigenvalue weighted by molar-refractivity contribution is 6.08. The molecule has 1 fully saturated rings. The van der Waals surface area contributed by atoms with E-state index in [-0.39, 0.29) is 6.61 Å². The summed E-state index contributed by atoms with van der Waals surface area (Å²) in [7, 11) is 0. The molecule has 7 heteroatoms. The minimum absolute atomic E-state index is 0.00216. The first-order valence-corrected chi connectivity index (χ1v) is 6.06. The van der Waals surface area contributed by atoms with Crippen molar-refractivity contribution in [3.63, 3.8) is 0 Å². The molecule has 1 saturated heterocycles. The number of esters is 1. The van der Waals surface area contributed by atoms with Gasteiger partial charge in [-0.25, -0.2) is 4.39 Å². The van der Waals surface area contributed by atoms with E-state index >= 15 is 0 Å². The number of carbonyl (C=O) groups excluding carboxylic acids is 3. The van der Waals surface area contributed by atoms with Crippen molar-refractivity contribution >= 4 is 17.7 Å². The Labute approximate surface area is 114 Å². The number of allylic oxidation sites excluding steroid dienone is 1. The summed E-state index contributed by atoms with van der Waals surface area (Å²) >= 11 is 0. The number of hydrogen-bond acceptors (Lipinski definition) is 5. The van der Waals surface area contributed by atoms with E-state index in [9.17, 15) is 18.8 Å². The van der Waals surface area contributed by atoms with E-state index in [1.165, 1.54) is 6.92 Å². The maximum Gasteiger partial charge on any atom is 0.302 e. The summed E-state index contributed by atoms with van der Waals surface area (Å²) in [6, 6.07) is 0. The number of nitrogens with zero attached hydrogens (tertiary/aromatic N) is 1. The summed E-state index contributed by atoms with van der Waals surface area (Å²) in [6.07, 6.45) is -0.626. The van der Waals surface area contributed by atoms with E-state index in [1.54, 1.807) is 0 Å². The lowest BCUT2D eigenvalue weighted by atomic mass is 10.1. The van der Waals surface area contributed by atoms with Crippen molar-refractivity contribution in [2.75, 3.05) is 6.61 Å². The molecule has 0 spiro atoms. The van der Waals surface area contributed by atoms with Crippen molar-refractivity contribution in [3.8, 4) is 0 Å². The second-order valence-corrected chi connectivity index (χ2v) is 4.62. The van der Waals surface area contributed by atoms with Gasteiger partial charge in [0.2, 0.25) is 11.7 Å². The predicted molar refractivity (Wildman–Crippen MR) is 64.7 cm³/mol. The summed E-state index contributed by atoms with van der Waals surface area (Å²) in [6.45, 7) is 5.05. The maximum atomic E-state index is 13.3. The SMILES string of the molecule is C=C1C[C@@H](N2C=C(F)C(=O)CC2=O)O[C@H]1COC(C)=O. The highest BCUT2D eigenvalue weighted by atomic mass is 19.1. The summed E-state index contributed by atoms with van der Waals surface area (Å²) in [5.41, 5.74) is 0.648. The van der Waals surface area contributed by atoms with E-state index in [1.807, 2.05) is 0 Å². The Kier molecular flexibility index (Phi) is 3.99. The average molecular weight is 283 g/mol. The molecule has 0 aromatic heterocycles. The van der Waals surface area contributed by atoms with Gasteiger partial charge in [-0.3, -0.25) is 19.3 Å². The molecule has 2 heterocycles. The number of rotatable bonds is 3. The Morgan fingerprint density at radius 2 is 2.30 bits per heavy atom. The first-order valence-electron chi connectivity index (χ1n) is 6.06. The van der Waals surface area contributed by atoms with Crippen molar-refractivity contribution in [3.05, 3.63) is 24.2 Å². The summed E-state index contributed by atoms with van der Waals surface area (Å²) in [5, 5.41) is 0. The molecule has 0 aromatic rings.